The first-order valence-electron chi connectivity index (χ1n) is 6.55. The summed E-state index contributed by atoms with van der Waals surface area (Å²) in [6, 6.07) is 0. The first-order chi connectivity index (χ1) is 8.51. The Labute approximate surface area is 109 Å². The van der Waals surface area contributed by atoms with Crippen molar-refractivity contribution in [3.05, 3.63) is 0 Å². The number of unbranched alkanes of at least 4 members (excludes halogenated alkanes) is 2. The third kappa shape index (κ3) is 8.79. The number of likely N-dealkylation sites (N-methyl/N-ethyl adjacent to an activating group) is 1. The summed E-state index contributed by atoms with van der Waals surface area (Å²) < 4.78 is 0. The summed E-state index contributed by atoms with van der Waals surface area (Å²) in [5, 5.41) is 37.0. The molecule has 6 heteroatoms. The van der Waals surface area contributed by atoms with Crippen molar-refractivity contribution in [1.82, 2.24) is 4.90 Å². The van der Waals surface area contributed by atoms with E-state index in [9.17, 15) is 15.3 Å². The predicted molar refractivity (Wildman–Crippen MR) is 70.1 cm³/mol. The van der Waals surface area contributed by atoms with Crippen LogP contribution in [0.15, 0.2) is 0 Å². The molecule has 0 aliphatic carbocycles. The first kappa shape index (κ1) is 17.8. The number of hydrogen-bond donors (Lipinski definition) is 5. The van der Waals surface area contributed by atoms with Gasteiger partial charge in [-0.1, -0.05) is 6.42 Å². The van der Waals surface area contributed by atoms with Gasteiger partial charge in [0, 0.05) is 13.0 Å². The second-order valence-electron chi connectivity index (χ2n) is 4.82. The molecule has 0 aromatic heterocycles. The van der Waals surface area contributed by atoms with Crippen LogP contribution in [-0.2, 0) is 0 Å². The minimum absolute atomic E-state index is 0.0644. The minimum atomic E-state index is -1.19. The van der Waals surface area contributed by atoms with Crippen LogP contribution in [0.4, 0.5) is 0 Å². The summed E-state index contributed by atoms with van der Waals surface area (Å²) in [5.41, 5.74) is 5.40. The summed E-state index contributed by atoms with van der Waals surface area (Å²) in [7, 11) is 1.90. The predicted octanol–water partition coefficient (Wildman–Crippen LogP) is -1.49. The number of nitrogens with zero attached hydrogens (tertiary/aromatic N) is 1. The molecule has 0 saturated carbocycles. The van der Waals surface area contributed by atoms with Crippen molar-refractivity contribution in [1.29, 1.82) is 0 Å². The summed E-state index contributed by atoms with van der Waals surface area (Å²) >= 11 is 0. The Kier molecular flexibility index (Phi) is 10.5. The fraction of sp³-hybridized carbons (Fsp3) is 1.00. The van der Waals surface area contributed by atoms with E-state index in [-0.39, 0.29) is 6.42 Å². The lowest BCUT2D eigenvalue weighted by molar-refractivity contribution is -0.0396. The number of aliphatic hydroxyl groups excluding tert-OH is 4. The Morgan fingerprint density at radius 3 is 2.28 bits per heavy atom. The monoisotopic (exact) mass is 264 g/mol. The van der Waals surface area contributed by atoms with Gasteiger partial charge >= 0.3 is 0 Å². The molecule has 0 saturated heterocycles. The van der Waals surface area contributed by atoms with Gasteiger partial charge in [0.25, 0.3) is 0 Å². The van der Waals surface area contributed by atoms with E-state index in [1.165, 1.54) is 0 Å². The van der Waals surface area contributed by atoms with Crippen molar-refractivity contribution in [2.24, 2.45) is 5.73 Å². The number of nitrogens with two attached hydrogens (primary N) is 1. The molecule has 6 nitrogen and oxygen atoms in total. The van der Waals surface area contributed by atoms with E-state index in [1.807, 2.05) is 11.9 Å². The van der Waals surface area contributed by atoms with Crippen molar-refractivity contribution < 1.29 is 20.4 Å². The zero-order chi connectivity index (χ0) is 14.0. The van der Waals surface area contributed by atoms with Crippen molar-refractivity contribution in [3.8, 4) is 0 Å². The molecule has 0 aliphatic heterocycles. The summed E-state index contributed by atoms with van der Waals surface area (Å²) in [5.74, 6) is 0. The van der Waals surface area contributed by atoms with Crippen LogP contribution in [0.3, 0.4) is 0 Å². The van der Waals surface area contributed by atoms with E-state index >= 15 is 0 Å². The van der Waals surface area contributed by atoms with Gasteiger partial charge in [0.2, 0.25) is 0 Å². The van der Waals surface area contributed by atoms with E-state index in [1.54, 1.807) is 0 Å². The van der Waals surface area contributed by atoms with Crippen LogP contribution in [0.2, 0.25) is 0 Å². The molecule has 0 spiro atoms. The Morgan fingerprint density at radius 2 is 1.72 bits per heavy atom. The second-order valence-corrected chi connectivity index (χ2v) is 4.82. The molecule has 0 amide bonds. The van der Waals surface area contributed by atoms with Crippen molar-refractivity contribution in [2.45, 2.75) is 44.0 Å². The Hall–Kier alpha value is -0.240. The Balaban J connectivity index is 3.69. The van der Waals surface area contributed by atoms with Gasteiger partial charge in [0.15, 0.2) is 0 Å². The fourth-order valence-corrected chi connectivity index (χ4v) is 1.79. The van der Waals surface area contributed by atoms with Gasteiger partial charge in [0.05, 0.1) is 18.8 Å². The van der Waals surface area contributed by atoms with Crippen molar-refractivity contribution in [2.75, 3.05) is 33.3 Å². The molecule has 3 atom stereocenters. The van der Waals surface area contributed by atoms with Gasteiger partial charge in [-0.2, -0.15) is 0 Å². The average Bonchev–Trinajstić information content (AvgIpc) is 2.33. The van der Waals surface area contributed by atoms with Gasteiger partial charge in [-0.3, -0.25) is 0 Å². The van der Waals surface area contributed by atoms with Gasteiger partial charge in [-0.25, -0.2) is 0 Å². The molecule has 0 radical (unpaired) electrons. The summed E-state index contributed by atoms with van der Waals surface area (Å²) in [4.78, 5) is 1.99. The molecule has 0 aromatic carbocycles. The second kappa shape index (κ2) is 10.7. The van der Waals surface area contributed by atoms with Crippen LogP contribution in [-0.4, -0.2) is 76.9 Å². The van der Waals surface area contributed by atoms with E-state index in [0.29, 0.717) is 13.1 Å². The molecular formula is C12H28N2O4. The smallest absolute Gasteiger partial charge is 0.103 e. The molecule has 0 aromatic rings. The summed E-state index contributed by atoms with van der Waals surface area (Å²) in [6.07, 6.45) is 0.198. The maximum atomic E-state index is 9.72. The standard InChI is InChI=1S/C12H28N2O4/c1-14(6-4-2-3-5-13)8-10(16)7-11(17)12(18)9-15/h10-12,15-18H,2-9,13H2,1H3/t10?,11-,12+/m0/s1. The lowest BCUT2D eigenvalue weighted by Gasteiger charge is -2.23. The molecule has 0 rings (SSSR count). The Morgan fingerprint density at radius 1 is 1.06 bits per heavy atom. The van der Waals surface area contributed by atoms with Crippen LogP contribution in [0.1, 0.15) is 25.7 Å². The van der Waals surface area contributed by atoms with Crippen LogP contribution < -0.4 is 5.73 Å². The number of hydrogen-bond acceptors (Lipinski definition) is 6. The maximum absolute atomic E-state index is 9.72. The SMILES string of the molecule is CN(CCCCCN)CC(O)C[C@H](O)[C@H](O)CO. The third-order valence-corrected chi connectivity index (χ3v) is 2.91. The highest BCUT2D eigenvalue weighted by atomic mass is 16.4. The average molecular weight is 264 g/mol. The van der Waals surface area contributed by atoms with E-state index in [2.05, 4.69) is 0 Å². The molecular weight excluding hydrogens is 236 g/mol. The minimum Gasteiger partial charge on any atom is -0.394 e. The molecule has 0 bridgehead atoms. The van der Waals surface area contributed by atoms with E-state index < -0.39 is 24.9 Å². The quantitative estimate of drug-likeness (QED) is 0.291. The summed E-state index contributed by atoms with van der Waals surface area (Å²) in [6.45, 7) is 1.52. The van der Waals surface area contributed by atoms with Crippen LogP contribution in [0.5, 0.6) is 0 Å². The molecule has 1 unspecified atom stereocenters. The van der Waals surface area contributed by atoms with Crippen molar-refractivity contribution >= 4 is 0 Å². The number of rotatable bonds is 11. The molecule has 0 fully saturated rings. The van der Waals surface area contributed by atoms with Crippen LogP contribution >= 0.6 is 0 Å². The van der Waals surface area contributed by atoms with Crippen LogP contribution in [0.25, 0.3) is 0 Å². The van der Waals surface area contributed by atoms with Gasteiger partial charge in [-0.05, 0) is 33.0 Å². The molecule has 110 valence electrons. The zero-order valence-corrected chi connectivity index (χ0v) is 11.2. The molecule has 18 heavy (non-hydrogen) atoms. The van der Waals surface area contributed by atoms with Crippen molar-refractivity contribution in [3.63, 3.8) is 0 Å². The largest absolute Gasteiger partial charge is 0.394 e. The van der Waals surface area contributed by atoms with Gasteiger partial charge in [0.1, 0.15) is 6.10 Å². The first-order valence-corrected chi connectivity index (χ1v) is 6.55. The number of aliphatic hydroxyl groups is 4. The molecule has 0 heterocycles. The Bertz CT molecular complexity index is 195. The lowest BCUT2D eigenvalue weighted by Crippen LogP contribution is -2.37. The fourth-order valence-electron chi connectivity index (χ4n) is 1.79. The molecule has 0 aliphatic rings. The highest BCUT2D eigenvalue weighted by Gasteiger charge is 2.19. The topological polar surface area (TPSA) is 110 Å². The highest BCUT2D eigenvalue weighted by Crippen LogP contribution is 2.05. The third-order valence-electron chi connectivity index (χ3n) is 2.91. The zero-order valence-electron chi connectivity index (χ0n) is 11.2. The normalized spacial score (nSPS) is 16.8. The van der Waals surface area contributed by atoms with Crippen LogP contribution in [0, 0.1) is 0 Å². The van der Waals surface area contributed by atoms with E-state index in [4.69, 9.17) is 10.8 Å². The van der Waals surface area contributed by atoms with Gasteiger partial charge in [-0.15, -0.1) is 0 Å². The lowest BCUT2D eigenvalue weighted by atomic mass is 10.1. The maximum Gasteiger partial charge on any atom is 0.103 e. The van der Waals surface area contributed by atoms with Gasteiger partial charge < -0.3 is 31.1 Å². The van der Waals surface area contributed by atoms with E-state index in [0.717, 1.165) is 25.8 Å². The molecule has 6 N–H and O–H groups in total. The highest BCUT2D eigenvalue weighted by molar-refractivity contribution is 4.72.